The fourth-order valence-corrected chi connectivity index (χ4v) is 2.00. The van der Waals surface area contributed by atoms with Crippen LogP contribution < -0.4 is 5.32 Å². The number of carbonyl (C=O) groups excluding carboxylic acids is 1. The lowest BCUT2D eigenvalue weighted by molar-refractivity contribution is -0.137. The Balaban J connectivity index is 1.74. The van der Waals surface area contributed by atoms with Gasteiger partial charge < -0.3 is 24.5 Å². The van der Waals surface area contributed by atoms with Crippen LogP contribution in [0, 0.1) is 0 Å². The zero-order chi connectivity index (χ0) is 13.9. The molecule has 1 aromatic rings. The van der Waals surface area contributed by atoms with E-state index in [1.54, 1.807) is 6.07 Å². The van der Waals surface area contributed by atoms with Crippen molar-refractivity contribution in [1.82, 2.24) is 10.3 Å². The second-order valence-electron chi connectivity index (χ2n) is 4.97. The van der Waals surface area contributed by atoms with Crippen LogP contribution in [0.4, 0.5) is 0 Å². The Morgan fingerprint density at radius 2 is 2.37 bits per heavy atom. The van der Waals surface area contributed by atoms with Crippen LogP contribution in [0.5, 0.6) is 0 Å². The number of nitrogens with one attached hydrogen (secondary N) is 2. The maximum Gasteiger partial charge on any atom is 0.354 e. The highest BCUT2D eigenvalue weighted by Crippen LogP contribution is 2.21. The van der Waals surface area contributed by atoms with Crippen molar-refractivity contribution in [2.75, 3.05) is 20.3 Å². The Bertz CT molecular complexity index is 442. The molecule has 1 aromatic heterocycles. The fraction of sp³-hybridized carbons (Fsp3) is 0.615. The van der Waals surface area contributed by atoms with Crippen LogP contribution in [-0.2, 0) is 20.8 Å². The van der Waals surface area contributed by atoms with Crippen molar-refractivity contribution >= 4 is 5.97 Å². The van der Waals surface area contributed by atoms with Crippen LogP contribution in [0.1, 0.15) is 30.0 Å². The van der Waals surface area contributed by atoms with Crippen LogP contribution in [0.3, 0.4) is 0 Å². The lowest BCUT2D eigenvalue weighted by atomic mass is 10.3. The molecule has 0 saturated carbocycles. The van der Waals surface area contributed by atoms with Crippen molar-refractivity contribution in [2.45, 2.75) is 32.3 Å². The van der Waals surface area contributed by atoms with E-state index < -0.39 is 5.79 Å². The van der Waals surface area contributed by atoms with E-state index in [0.717, 1.165) is 5.69 Å². The molecule has 106 valence electrons. The van der Waals surface area contributed by atoms with Crippen LogP contribution in [-0.4, -0.2) is 43.1 Å². The molecule has 1 unspecified atom stereocenters. The molecule has 1 atom stereocenters. The van der Waals surface area contributed by atoms with Crippen LogP contribution >= 0.6 is 0 Å². The largest absolute Gasteiger partial charge is 0.464 e. The Morgan fingerprint density at radius 1 is 1.58 bits per heavy atom. The number of hydrogen-bond acceptors (Lipinski definition) is 5. The number of carbonyl (C=O) groups is 1. The van der Waals surface area contributed by atoms with Gasteiger partial charge in [0.15, 0.2) is 5.79 Å². The van der Waals surface area contributed by atoms with Gasteiger partial charge in [-0.05, 0) is 26.0 Å². The number of H-pyrrole nitrogens is 1. The summed E-state index contributed by atoms with van der Waals surface area (Å²) < 4.78 is 15.8. The minimum absolute atomic E-state index is 0.0602. The summed E-state index contributed by atoms with van der Waals surface area (Å²) in [6.07, 6.45) is 0.0602. The molecule has 0 bridgehead atoms. The molecule has 1 saturated heterocycles. The number of methoxy groups -OCH3 is 1. The third kappa shape index (κ3) is 3.79. The van der Waals surface area contributed by atoms with Gasteiger partial charge in [0.1, 0.15) is 5.69 Å². The summed E-state index contributed by atoms with van der Waals surface area (Å²) in [5, 5.41) is 3.26. The molecule has 19 heavy (non-hydrogen) atoms. The van der Waals surface area contributed by atoms with E-state index >= 15 is 0 Å². The molecule has 0 aliphatic carbocycles. The van der Waals surface area contributed by atoms with Crippen molar-refractivity contribution in [1.29, 1.82) is 0 Å². The van der Waals surface area contributed by atoms with Crippen molar-refractivity contribution < 1.29 is 19.0 Å². The van der Waals surface area contributed by atoms with E-state index in [0.29, 0.717) is 25.4 Å². The smallest absolute Gasteiger partial charge is 0.354 e. The molecular formula is C13H20N2O4. The summed E-state index contributed by atoms with van der Waals surface area (Å²) in [6.45, 7) is 5.74. The Labute approximate surface area is 112 Å². The van der Waals surface area contributed by atoms with Gasteiger partial charge >= 0.3 is 5.97 Å². The summed E-state index contributed by atoms with van der Waals surface area (Å²) >= 11 is 0. The molecule has 0 amide bonds. The van der Waals surface area contributed by atoms with E-state index in [1.807, 2.05) is 19.9 Å². The van der Waals surface area contributed by atoms with Crippen LogP contribution in [0.15, 0.2) is 12.1 Å². The molecule has 2 rings (SSSR count). The van der Waals surface area contributed by atoms with E-state index in [2.05, 4.69) is 15.0 Å². The Hall–Kier alpha value is -1.37. The second-order valence-corrected chi connectivity index (χ2v) is 4.97. The van der Waals surface area contributed by atoms with E-state index in [1.165, 1.54) is 7.11 Å². The first kappa shape index (κ1) is 14.0. The van der Waals surface area contributed by atoms with Crippen molar-refractivity contribution in [3.05, 3.63) is 23.5 Å². The number of aromatic nitrogens is 1. The summed E-state index contributed by atoms with van der Waals surface area (Å²) in [7, 11) is 1.36. The highest BCUT2D eigenvalue weighted by molar-refractivity contribution is 5.87. The lowest BCUT2D eigenvalue weighted by Crippen LogP contribution is -2.30. The second kappa shape index (κ2) is 5.73. The molecule has 1 aliphatic rings. The highest BCUT2D eigenvalue weighted by Gasteiger charge is 2.32. The van der Waals surface area contributed by atoms with E-state index in [4.69, 9.17) is 9.47 Å². The number of rotatable bonds is 5. The van der Waals surface area contributed by atoms with E-state index in [-0.39, 0.29) is 12.1 Å². The van der Waals surface area contributed by atoms with Crippen molar-refractivity contribution in [3.8, 4) is 0 Å². The molecule has 2 N–H and O–H groups in total. The summed E-state index contributed by atoms with van der Waals surface area (Å²) in [4.78, 5) is 14.3. The van der Waals surface area contributed by atoms with Gasteiger partial charge in [-0.3, -0.25) is 0 Å². The van der Waals surface area contributed by atoms with Gasteiger partial charge in [0.25, 0.3) is 0 Å². The van der Waals surface area contributed by atoms with Gasteiger partial charge in [-0.2, -0.15) is 0 Å². The number of aromatic amines is 1. The first-order valence-corrected chi connectivity index (χ1v) is 6.29. The minimum Gasteiger partial charge on any atom is -0.464 e. The first-order valence-electron chi connectivity index (χ1n) is 6.29. The average molecular weight is 268 g/mol. The van der Waals surface area contributed by atoms with Gasteiger partial charge in [-0.25, -0.2) is 4.79 Å². The molecule has 6 nitrogen and oxygen atoms in total. The Morgan fingerprint density at radius 3 is 3.00 bits per heavy atom. The van der Waals surface area contributed by atoms with Crippen molar-refractivity contribution in [3.63, 3.8) is 0 Å². The molecule has 0 radical (unpaired) electrons. The molecule has 0 aromatic carbocycles. The topological polar surface area (TPSA) is 72.6 Å². The van der Waals surface area contributed by atoms with Crippen molar-refractivity contribution in [2.24, 2.45) is 0 Å². The first-order chi connectivity index (χ1) is 9.00. The van der Waals surface area contributed by atoms with E-state index in [9.17, 15) is 4.79 Å². The molecule has 6 heteroatoms. The zero-order valence-electron chi connectivity index (χ0n) is 11.5. The summed E-state index contributed by atoms with van der Waals surface area (Å²) in [5.74, 6) is -0.850. The number of ether oxygens (including phenoxy) is 3. The maximum atomic E-state index is 11.3. The van der Waals surface area contributed by atoms with Gasteiger partial charge in [-0.1, -0.05) is 0 Å². The van der Waals surface area contributed by atoms with Crippen LogP contribution in [0.25, 0.3) is 0 Å². The average Bonchev–Trinajstić information content (AvgIpc) is 2.95. The van der Waals surface area contributed by atoms with Crippen LogP contribution in [0.2, 0.25) is 0 Å². The number of esters is 1. The van der Waals surface area contributed by atoms with Gasteiger partial charge in [-0.15, -0.1) is 0 Å². The molecule has 2 heterocycles. The third-order valence-electron chi connectivity index (χ3n) is 2.91. The zero-order valence-corrected chi connectivity index (χ0v) is 11.5. The highest BCUT2D eigenvalue weighted by atomic mass is 16.7. The SMILES string of the molecule is COC(=O)c1ccc(CNCC2COC(C)(C)O2)[nH]1. The normalized spacial score (nSPS) is 21.5. The van der Waals surface area contributed by atoms with Gasteiger partial charge in [0.05, 0.1) is 19.8 Å². The molecule has 1 aliphatic heterocycles. The quantitative estimate of drug-likeness (QED) is 0.781. The summed E-state index contributed by atoms with van der Waals surface area (Å²) in [6, 6.07) is 3.57. The summed E-state index contributed by atoms with van der Waals surface area (Å²) in [5.41, 5.74) is 1.39. The minimum atomic E-state index is -0.489. The molecular weight excluding hydrogens is 248 g/mol. The molecule has 0 spiro atoms. The predicted molar refractivity (Wildman–Crippen MR) is 68.7 cm³/mol. The number of hydrogen-bond donors (Lipinski definition) is 2. The van der Waals surface area contributed by atoms with Gasteiger partial charge in [0, 0.05) is 18.8 Å². The molecule has 1 fully saturated rings. The van der Waals surface area contributed by atoms with Gasteiger partial charge in [0.2, 0.25) is 0 Å². The fourth-order valence-electron chi connectivity index (χ4n) is 2.00. The lowest BCUT2D eigenvalue weighted by Gasteiger charge is -2.17. The standard InChI is InChI=1S/C13H20N2O4/c1-13(2)18-8-10(19-13)7-14-6-9-4-5-11(15-9)12(16)17-3/h4-5,10,14-15H,6-8H2,1-3H3. The maximum absolute atomic E-state index is 11.3. The Kier molecular flexibility index (Phi) is 4.24. The monoisotopic (exact) mass is 268 g/mol. The third-order valence-corrected chi connectivity index (χ3v) is 2.91. The predicted octanol–water partition coefficient (Wildman–Crippen LogP) is 1.04.